The molecule has 1 saturated heterocycles. The van der Waals surface area contributed by atoms with Crippen LogP contribution in [0.3, 0.4) is 0 Å². The third kappa shape index (κ3) is 4.99. The Hall–Kier alpha value is -3.03. The summed E-state index contributed by atoms with van der Waals surface area (Å²) in [5.74, 6) is 0.366. The molecule has 0 bridgehead atoms. The van der Waals surface area contributed by atoms with Crippen molar-refractivity contribution in [1.82, 2.24) is 19.9 Å². The third-order valence-electron chi connectivity index (χ3n) is 6.28. The lowest BCUT2D eigenvalue weighted by Crippen LogP contribution is -2.31. The van der Waals surface area contributed by atoms with Gasteiger partial charge in [0.15, 0.2) is 0 Å². The van der Waals surface area contributed by atoms with Gasteiger partial charge in [-0.1, -0.05) is 18.0 Å². The van der Waals surface area contributed by atoms with Crippen LogP contribution in [0.2, 0.25) is 5.02 Å². The van der Waals surface area contributed by atoms with Crippen LogP contribution < -0.4 is 10.6 Å². The fourth-order valence-corrected chi connectivity index (χ4v) is 4.63. The number of carbonyl (C=O) groups excluding carboxylic acids is 1. The van der Waals surface area contributed by atoms with Crippen LogP contribution in [0.5, 0.6) is 0 Å². The van der Waals surface area contributed by atoms with Crippen LogP contribution in [-0.2, 0) is 17.6 Å². The van der Waals surface area contributed by atoms with Crippen molar-refractivity contribution in [3.63, 3.8) is 0 Å². The number of piperidine rings is 1. The van der Waals surface area contributed by atoms with E-state index >= 15 is 0 Å². The van der Waals surface area contributed by atoms with E-state index in [9.17, 15) is 4.79 Å². The monoisotopic (exact) mass is 462 g/mol. The van der Waals surface area contributed by atoms with Crippen molar-refractivity contribution in [2.24, 2.45) is 0 Å². The molecule has 0 atom stereocenters. The second-order valence-corrected chi connectivity index (χ2v) is 9.17. The number of pyridine rings is 1. The zero-order valence-electron chi connectivity index (χ0n) is 18.7. The summed E-state index contributed by atoms with van der Waals surface area (Å²) in [6.07, 6.45) is 8.80. The highest BCUT2D eigenvalue weighted by molar-refractivity contribution is 6.31. The van der Waals surface area contributed by atoms with E-state index < -0.39 is 0 Å². The average molecular weight is 463 g/mol. The lowest BCUT2D eigenvalue weighted by atomic mass is 10.1. The highest BCUT2D eigenvalue weighted by Crippen LogP contribution is 2.35. The van der Waals surface area contributed by atoms with E-state index in [1.54, 1.807) is 18.3 Å². The number of fused-ring (bicyclic) bond motifs is 3. The van der Waals surface area contributed by atoms with Crippen LogP contribution in [0.1, 0.15) is 36.1 Å². The first-order valence-corrected chi connectivity index (χ1v) is 11.8. The van der Waals surface area contributed by atoms with Crippen LogP contribution in [-0.4, -0.2) is 45.4 Å². The minimum absolute atomic E-state index is 0.108. The molecule has 5 rings (SSSR count). The number of likely N-dealkylation sites (tertiary alicyclic amines) is 1. The van der Waals surface area contributed by atoms with Gasteiger partial charge in [0.05, 0.1) is 29.2 Å². The summed E-state index contributed by atoms with van der Waals surface area (Å²) < 4.78 is 0. The highest BCUT2D eigenvalue weighted by atomic mass is 35.5. The molecule has 170 valence electrons. The number of aryl methyl sites for hydroxylation is 1. The van der Waals surface area contributed by atoms with E-state index in [-0.39, 0.29) is 12.3 Å². The van der Waals surface area contributed by atoms with E-state index in [4.69, 9.17) is 16.6 Å². The SMILES string of the molecule is Cc1ncc(CCN2CCCCC2)cc1Nc1ncc2c(n1)-c1ccc(Cl)cc1NC(=O)C2. The lowest BCUT2D eigenvalue weighted by Gasteiger charge is -2.26. The normalized spacial score (nSPS) is 15.9. The summed E-state index contributed by atoms with van der Waals surface area (Å²) in [6, 6.07) is 7.57. The molecule has 3 aromatic rings. The zero-order valence-corrected chi connectivity index (χ0v) is 19.5. The fraction of sp³-hybridized carbons (Fsp3) is 0.360. The van der Waals surface area contributed by atoms with Crippen molar-refractivity contribution in [1.29, 1.82) is 0 Å². The number of anilines is 3. The van der Waals surface area contributed by atoms with Crippen LogP contribution in [0.15, 0.2) is 36.7 Å². The molecular formula is C25H27ClN6O. The molecule has 2 aliphatic rings. The van der Waals surface area contributed by atoms with Gasteiger partial charge < -0.3 is 15.5 Å². The summed E-state index contributed by atoms with van der Waals surface area (Å²) in [5.41, 5.74) is 5.97. The Morgan fingerprint density at radius 3 is 2.82 bits per heavy atom. The first-order chi connectivity index (χ1) is 16.0. The zero-order chi connectivity index (χ0) is 22.8. The van der Waals surface area contributed by atoms with Crippen LogP contribution in [0, 0.1) is 6.92 Å². The van der Waals surface area contributed by atoms with Gasteiger partial charge in [0.2, 0.25) is 11.9 Å². The Balaban J connectivity index is 1.39. The van der Waals surface area contributed by atoms with E-state index in [0.717, 1.165) is 41.2 Å². The molecular weight excluding hydrogens is 436 g/mol. The summed E-state index contributed by atoms with van der Waals surface area (Å²) in [4.78, 5) is 28.7. The van der Waals surface area contributed by atoms with Gasteiger partial charge in [0.25, 0.3) is 0 Å². The van der Waals surface area contributed by atoms with E-state index in [0.29, 0.717) is 16.7 Å². The van der Waals surface area contributed by atoms with Crippen molar-refractivity contribution in [2.45, 2.75) is 39.0 Å². The number of nitrogens with one attached hydrogen (secondary N) is 2. The summed E-state index contributed by atoms with van der Waals surface area (Å²) in [6.45, 7) is 5.41. The Kier molecular flexibility index (Phi) is 6.24. The maximum atomic E-state index is 12.3. The number of amides is 1. The first kappa shape index (κ1) is 21.8. The van der Waals surface area contributed by atoms with Gasteiger partial charge in [-0.3, -0.25) is 9.78 Å². The van der Waals surface area contributed by atoms with Gasteiger partial charge in [-0.05, 0) is 69.1 Å². The molecule has 0 saturated carbocycles. The molecule has 2 N–H and O–H groups in total. The van der Waals surface area contributed by atoms with Crippen molar-refractivity contribution < 1.29 is 4.79 Å². The molecule has 2 aliphatic heterocycles. The minimum Gasteiger partial charge on any atom is -0.325 e. The van der Waals surface area contributed by atoms with E-state index in [1.807, 2.05) is 19.2 Å². The van der Waals surface area contributed by atoms with Crippen molar-refractivity contribution in [3.8, 4) is 11.3 Å². The van der Waals surface area contributed by atoms with Gasteiger partial charge in [0, 0.05) is 35.1 Å². The van der Waals surface area contributed by atoms with Gasteiger partial charge in [-0.15, -0.1) is 0 Å². The molecule has 4 heterocycles. The number of hydrogen-bond donors (Lipinski definition) is 2. The Labute approximate surface area is 198 Å². The van der Waals surface area contributed by atoms with Gasteiger partial charge in [-0.25, -0.2) is 9.97 Å². The number of rotatable bonds is 5. The number of hydrogen-bond acceptors (Lipinski definition) is 6. The molecule has 0 unspecified atom stereocenters. The van der Waals surface area contributed by atoms with E-state index in [2.05, 4.69) is 31.6 Å². The molecule has 1 aromatic carbocycles. The predicted octanol–water partition coefficient (Wildman–Crippen LogP) is 4.77. The number of nitrogens with zero attached hydrogens (tertiary/aromatic N) is 4. The fourth-order valence-electron chi connectivity index (χ4n) is 4.45. The number of halogens is 1. The highest BCUT2D eigenvalue weighted by Gasteiger charge is 2.21. The molecule has 8 heteroatoms. The molecule has 2 aromatic heterocycles. The Morgan fingerprint density at radius 2 is 1.97 bits per heavy atom. The van der Waals surface area contributed by atoms with Gasteiger partial charge >= 0.3 is 0 Å². The summed E-state index contributed by atoms with van der Waals surface area (Å²) in [5, 5.41) is 6.82. The number of aromatic nitrogens is 3. The van der Waals surface area contributed by atoms with Crippen LogP contribution >= 0.6 is 11.6 Å². The van der Waals surface area contributed by atoms with Gasteiger partial charge in [0.1, 0.15) is 0 Å². The first-order valence-electron chi connectivity index (χ1n) is 11.5. The molecule has 1 fully saturated rings. The number of carbonyl (C=O) groups is 1. The standard InChI is InChI=1S/C25H27ClN6O/c1-16-21(11-17(14-27-16)7-10-32-8-3-2-4-9-32)30-25-28-15-18-12-23(33)29-22-13-19(26)5-6-20(22)24(18)31-25/h5-6,11,13-15H,2-4,7-10,12H2,1H3,(H,29,33)(H,28,30,31). The molecule has 7 nitrogen and oxygen atoms in total. The predicted molar refractivity (Wildman–Crippen MR) is 131 cm³/mol. The summed E-state index contributed by atoms with van der Waals surface area (Å²) >= 11 is 6.14. The summed E-state index contributed by atoms with van der Waals surface area (Å²) in [7, 11) is 0. The maximum Gasteiger partial charge on any atom is 0.228 e. The molecule has 0 spiro atoms. The quantitative estimate of drug-likeness (QED) is 0.568. The molecule has 0 radical (unpaired) electrons. The largest absolute Gasteiger partial charge is 0.325 e. The smallest absolute Gasteiger partial charge is 0.228 e. The van der Waals surface area contributed by atoms with Crippen LogP contribution in [0.25, 0.3) is 11.3 Å². The van der Waals surface area contributed by atoms with Crippen LogP contribution in [0.4, 0.5) is 17.3 Å². The molecule has 0 aliphatic carbocycles. The lowest BCUT2D eigenvalue weighted by molar-refractivity contribution is -0.115. The molecule has 1 amide bonds. The second kappa shape index (κ2) is 9.45. The minimum atomic E-state index is -0.108. The average Bonchev–Trinajstić information content (AvgIpc) is 2.95. The molecule has 33 heavy (non-hydrogen) atoms. The third-order valence-corrected chi connectivity index (χ3v) is 6.52. The van der Waals surface area contributed by atoms with Crippen molar-refractivity contribution in [2.75, 3.05) is 30.3 Å². The topological polar surface area (TPSA) is 83.0 Å². The number of benzene rings is 1. The van der Waals surface area contributed by atoms with Gasteiger partial charge in [-0.2, -0.15) is 0 Å². The maximum absolute atomic E-state index is 12.3. The van der Waals surface area contributed by atoms with Crippen molar-refractivity contribution in [3.05, 3.63) is 58.5 Å². The van der Waals surface area contributed by atoms with Crippen molar-refractivity contribution >= 4 is 34.8 Å². The van der Waals surface area contributed by atoms with E-state index in [1.165, 1.54) is 37.9 Å². The Bertz CT molecular complexity index is 1190. The second-order valence-electron chi connectivity index (χ2n) is 8.74. The Morgan fingerprint density at radius 1 is 1.12 bits per heavy atom.